The van der Waals surface area contributed by atoms with Gasteiger partial charge >= 0.3 is 11.8 Å². The third kappa shape index (κ3) is 4.17. The molecular weight excluding hydrogens is 218 g/mol. The third-order valence-electron chi connectivity index (χ3n) is 3.12. The van der Waals surface area contributed by atoms with Gasteiger partial charge in [-0.1, -0.05) is 12.8 Å². The topological polar surface area (TPSA) is 70.6 Å². The Labute approximate surface area is 101 Å². The molecule has 2 fully saturated rings. The highest BCUT2D eigenvalue weighted by atomic mass is 16.2. The lowest BCUT2D eigenvalue weighted by Gasteiger charge is -2.04. The van der Waals surface area contributed by atoms with Crippen LogP contribution in [0.2, 0.25) is 0 Å². The van der Waals surface area contributed by atoms with Crippen LogP contribution in [0.5, 0.6) is 0 Å². The Morgan fingerprint density at radius 2 is 1.65 bits per heavy atom. The van der Waals surface area contributed by atoms with E-state index in [1.807, 2.05) is 0 Å². The second kappa shape index (κ2) is 5.80. The summed E-state index contributed by atoms with van der Waals surface area (Å²) in [5, 5.41) is 6.68. The maximum absolute atomic E-state index is 11.4. The quantitative estimate of drug-likeness (QED) is 0.429. The van der Waals surface area contributed by atoms with Gasteiger partial charge < -0.3 is 5.32 Å². The van der Waals surface area contributed by atoms with Crippen molar-refractivity contribution in [3.63, 3.8) is 0 Å². The van der Waals surface area contributed by atoms with E-state index in [4.69, 9.17) is 0 Å². The molecule has 2 N–H and O–H groups in total. The third-order valence-corrected chi connectivity index (χ3v) is 3.12. The van der Waals surface area contributed by atoms with E-state index in [9.17, 15) is 9.59 Å². The Morgan fingerprint density at radius 3 is 2.24 bits per heavy atom. The molecule has 0 aromatic rings. The minimum Gasteiger partial charge on any atom is -0.345 e. The molecule has 17 heavy (non-hydrogen) atoms. The standard InChI is InChI=1S/C12H19N3O2/c16-11(13-9-7-8-9)12(17)15-14-10-5-3-1-2-4-6-10/h9H,1-8H2,(H,13,16)(H,15,17). The lowest BCUT2D eigenvalue weighted by atomic mass is 10.2. The van der Waals surface area contributed by atoms with Crippen molar-refractivity contribution in [1.82, 2.24) is 10.7 Å². The van der Waals surface area contributed by atoms with Gasteiger partial charge in [0, 0.05) is 11.8 Å². The van der Waals surface area contributed by atoms with Crippen molar-refractivity contribution in [2.75, 3.05) is 0 Å². The van der Waals surface area contributed by atoms with Crippen LogP contribution in [0.25, 0.3) is 0 Å². The highest BCUT2D eigenvalue weighted by molar-refractivity contribution is 6.35. The summed E-state index contributed by atoms with van der Waals surface area (Å²) in [5.41, 5.74) is 3.36. The van der Waals surface area contributed by atoms with Crippen LogP contribution in [0.3, 0.4) is 0 Å². The van der Waals surface area contributed by atoms with E-state index < -0.39 is 11.8 Å². The van der Waals surface area contributed by atoms with E-state index in [1.54, 1.807) is 0 Å². The van der Waals surface area contributed by atoms with Gasteiger partial charge in [-0.3, -0.25) is 9.59 Å². The molecule has 0 bridgehead atoms. The van der Waals surface area contributed by atoms with Gasteiger partial charge in [-0.2, -0.15) is 5.10 Å². The molecular formula is C12H19N3O2. The van der Waals surface area contributed by atoms with Crippen molar-refractivity contribution in [1.29, 1.82) is 0 Å². The molecule has 0 radical (unpaired) electrons. The molecule has 0 aromatic carbocycles. The van der Waals surface area contributed by atoms with Crippen LogP contribution in [-0.2, 0) is 9.59 Å². The summed E-state index contributed by atoms with van der Waals surface area (Å²) in [7, 11) is 0. The molecule has 0 spiro atoms. The first-order valence-corrected chi connectivity index (χ1v) is 6.42. The van der Waals surface area contributed by atoms with Crippen LogP contribution in [0.4, 0.5) is 0 Å². The van der Waals surface area contributed by atoms with Gasteiger partial charge in [-0.15, -0.1) is 0 Å². The Hall–Kier alpha value is -1.39. The Kier molecular flexibility index (Phi) is 4.12. The fourth-order valence-electron chi connectivity index (χ4n) is 1.91. The van der Waals surface area contributed by atoms with Crippen molar-refractivity contribution in [2.24, 2.45) is 5.10 Å². The van der Waals surface area contributed by atoms with Gasteiger partial charge in [0.25, 0.3) is 0 Å². The summed E-state index contributed by atoms with van der Waals surface area (Å²) in [6, 6.07) is 0.207. The zero-order chi connectivity index (χ0) is 12.1. The summed E-state index contributed by atoms with van der Waals surface area (Å²) >= 11 is 0. The van der Waals surface area contributed by atoms with Crippen LogP contribution in [0.1, 0.15) is 51.4 Å². The summed E-state index contributed by atoms with van der Waals surface area (Å²) < 4.78 is 0. The first kappa shape index (κ1) is 12.1. The molecule has 2 rings (SSSR count). The van der Waals surface area contributed by atoms with E-state index in [1.165, 1.54) is 12.8 Å². The van der Waals surface area contributed by atoms with Crippen molar-refractivity contribution >= 4 is 17.5 Å². The van der Waals surface area contributed by atoms with Gasteiger partial charge in [-0.05, 0) is 38.5 Å². The second-order valence-electron chi connectivity index (χ2n) is 4.78. The number of hydrazone groups is 1. The number of amides is 2. The first-order chi connectivity index (χ1) is 8.25. The van der Waals surface area contributed by atoms with Crippen LogP contribution < -0.4 is 10.7 Å². The molecule has 2 amide bonds. The van der Waals surface area contributed by atoms with Crippen LogP contribution in [0.15, 0.2) is 5.10 Å². The molecule has 2 aliphatic carbocycles. The number of hydrogen-bond acceptors (Lipinski definition) is 3. The van der Waals surface area contributed by atoms with Gasteiger partial charge in [0.1, 0.15) is 0 Å². The predicted molar refractivity (Wildman–Crippen MR) is 64.4 cm³/mol. The first-order valence-electron chi connectivity index (χ1n) is 6.42. The minimum absolute atomic E-state index is 0.207. The average Bonchev–Trinajstić information content (AvgIpc) is 3.12. The molecule has 94 valence electrons. The zero-order valence-electron chi connectivity index (χ0n) is 10.00. The van der Waals surface area contributed by atoms with Gasteiger partial charge in [-0.25, -0.2) is 5.43 Å². The van der Waals surface area contributed by atoms with Crippen molar-refractivity contribution < 1.29 is 9.59 Å². The molecule has 2 aliphatic rings. The minimum atomic E-state index is -0.645. The molecule has 0 saturated heterocycles. The summed E-state index contributed by atoms with van der Waals surface area (Å²) in [6.07, 6.45) is 8.55. The normalized spacial score (nSPS) is 20.4. The maximum Gasteiger partial charge on any atom is 0.329 e. The molecule has 5 nitrogen and oxygen atoms in total. The summed E-state index contributed by atoms with van der Waals surface area (Å²) in [6.45, 7) is 0. The Bertz CT molecular complexity index is 325. The Balaban J connectivity index is 1.76. The van der Waals surface area contributed by atoms with E-state index in [-0.39, 0.29) is 6.04 Å². The molecule has 0 heterocycles. The molecule has 0 aromatic heterocycles. The van der Waals surface area contributed by atoms with Crippen molar-refractivity contribution in [2.45, 2.75) is 57.4 Å². The highest BCUT2D eigenvalue weighted by Crippen LogP contribution is 2.18. The fourth-order valence-corrected chi connectivity index (χ4v) is 1.91. The van der Waals surface area contributed by atoms with Crippen LogP contribution in [-0.4, -0.2) is 23.6 Å². The van der Waals surface area contributed by atoms with Gasteiger partial charge in [0.05, 0.1) is 0 Å². The predicted octanol–water partition coefficient (Wildman–Crippen LogP) is 1.09. The zero-order valence-corrected chi connectivity index (χ0v) is 10.00. The van der Waals surface area contributed by atoms with Gasteiger partial charge in [0.2, 0.25) is 0 Å². The second-order valence-corrected chi connectivity index (χ2v) is 4.78. The molecule has 2 saturated carbocycles. The number of hydrogen-bond donors (Lipinski definition) is 2. The van der Waals surface area contributed by atoms with Crippen molar-refractivity contribution in [3.8, 4) is 0 Å². The van der Waals surface area contributed by atoms with Crippen molar-refractivity contribution in [3.05, 3.63) is 0 Å². The lowest BCUT2D eigenvalue weighted by molar-refractivity contribution is -0.139. The Morgan fingerprint density at radius 1 is 1.00 bits per heavy atom. The van der Waals surface area contributed by atoms with E-state index in [0.29, 0.717) is 0 Å². The van der Waals surface area contributed by atoms with E-state index >= 15 is 0 Å². The van der Waals surface area contributed by atoms with Gasteiger partial charge in [0.15, 0.2) is 0 Å². The number of rotatable bonds is 2. The number of nitrogens with one attached hydrogen (secondary N) is 2. The smallest absolute Gasteiger partial charge is 0.329 e. The maximum atomic E-state index is 11.4. The molecule has 0 atom stereocenters. The number of carbonyl (C=O) groups is 2. The molecule has 0 unspecified atom stereocenters. The highest BCUT2D eigenvalue weighted by Gasteiger charge is 2.26. The largest absolute Gasteiger partial charge is 0.345 e. The monoisotopic (exact) mass is 237 g/mol. The number of carbonyl (C=O) groups excluding carboxylic acids is 2. The average molecular weight is 237 g/mol. The lowest BCUT2D eigenvalue weighted by Crippen LogP contribution is -2.39. The van der Waals surface area contributed by atoms with Crippen LogP contribution >= 0.6 is 0 Å². The van der Waals surface area contributed by atoms with E-state index in [2.05, 4.69) is 15.8 Å². The summed E-state index contributed by atoms with van der Waals surface area (Å²) in [5.74, 6) is -1.21. The molecule has 5 heteroatoms. The van der Waals surface area contributed by atoms with E-state index in [0.717, 1.165) is 44.2 Å². The molecule has 0 aliphatic heterocycles. The SMILES string of the molecule is O=C(NN=C1CCCCCC1)C(=O)NC1CC1. The number of nitrogens with zero attached hydrogens (tertiary/aromatic N) is 1. The van der Waals surface area contributed by atoms with Crippen LogP contribution in [0, 0.1) is 0 Å². The summed E-state index contributed by atoms with van der Waals surface area (Å²) in [4.78, 5) is 22.7. The fraction of sp³-hybridized carbons (Fsp3) is 0.750.